The minimum absolute atomic E-state index is 0.173. The van der Waals surface area contributed by atoms with Crippen LogP contribution in [-0.4, -0.2) is 48.6 Å². The second kappa shape index (κ2) is 10.4. The van der Waals surface area contributed by atoms with E-state index < -0.39 is 28.5 Å². The Kier molecular flexibility index (Phi) is 8.01. The number of allylic oxidation sites excluding steroid dienone is 1. The molecule has 0 radical (unpaired) electrons. The summed E-state index contributed by atoms with van der Waals surface area (Å²) in [5.41, 5.74) is -0.558. The summed E-state index contributed by atoms with van der Waals surface area (Å²) in [6, 6.07) is 7.51. The van der Waals surface area contributed by atoms with Crippen molar-refractivity contribution in [2.24, 2.45) is 0 Å². The summed E-state index contributed by atoms with van der Waals surface area (Å²) in [6.07, 6.45) is -0.216. The maximum absolute atomic E-state index is 12.8. The van der Waals surface area contributed by atoms with Crippen molar-refractivity contribution in [3.05, 3.63) is 69.4 Å². The molecule has 1 aromatic heterocycles. The van der Waals surface area contributed by atoms with Crippen LogP contribution in [0.25, 0.3) is 0 Å². The smallest absolute Gasteiger partial charge is 0.416 e. The van der Waals surface area contributed by atoms with Gasteiger partial charge in [-0.25, -0.2) is 4.79 Å². The molecule has 0 bridgehead atoms. The van der Waals surface area contributed by atoms with E-state index in [0.717, 1.165) is 17.0 Å². The van der Waals surface area contributed by atoms with Gasteiger partial charge < -0.3 is 5.11 Å². The van der Waals surface area contributed by atoms with Gasteiger partial charge in [0.25, 0.3) is 0 Å². The molecule has 0 aliphatic carbocycles. The predicted octanol–water partition coefficient (Wildman–Crippen LogP) is 5.51. The molecule has 2 heterocycles. The van der Waals surface area contributed by atoms with Crippen LogP contribution < -0.4 is 0 Å². The maximum atomic E-state index is 12.8. The van der Waals surface area contributed by atoms with E-state index in [2.05, 4.69) is 0 Å². The normalized spacial score (nSPS) is 19.7. The first-order valence-corrected chi connectivity index (χ1v) is 12.7. The van der Waals surface area contributed by atoms with Crippen LogP contribution >= 0.6 is 22.1 Å². The molecule has 1 aromatic carbocycles. The zero-order valence-corrected chi connectivity index (χ0v) is 19.1. The lowest BCUT2D eigenvalue weighted by Gasteiger charge is -2.38. The van der Waals surface area contributed by atoms with Gasteiger partial charge in [0.15, 0.2) is 5.78 Å². The molecule has 2 aromatic rings. The van der Waals surface area contributed by atoms with Crippen LogP contribution in [0.2, 0.25) is 0 Å². The van der Waals surface area contributed by atoms with Gasteiger partial charge in [-0.2, -0.15) is 17.5 Å². The number of hydrogen-bond donors (Lipinski definition) is 3. The standard InChI is InChI=1S/C22H24F3NO5S2/c23-22(24,25)16-4-1-3-15(13-16)14-18(27)7-6-17-10-12-33(30,31)26(17)11-2-5-19-8-9-20(32-19)21(28)29/h1,3-4,6-9,13,17,30-31H,2,5,10-12,14H2,(H,28,29). The first kappa shape index (κ1) is 25.4. The number of rotatable bonds is 9. The van der Waals surface area contributed by atoms with E-state index in [4.69, 9.17) is 5.11 Å². The Morgan fingerprint density at radius 1 is 1.21 bits per heavy atom. The highest BCUT2D eigenvalue weighted by Crippen LogP contribution is 2.51. The molecule has 3 N–H and O–H groups in total. The largest absolute Gasteiger partial charge is 0.477 e. The van der Waals surface area contributed by atoms with Crippen molar-refractivity contribution in [2.75, 3.05) is 12.3 Å². The monoisotopic (exact) mass is 503 g/mol. The van der Waals surface area contributed by atoms with E-state index in [1.165, 1.54) is 35.6 Å². The highest BCUT2D eigenvalue weighted by molar-refractivity contribution is 8.22. The molecule has 1 fully saturated rings. The van der Waals surface area contributed by atoms with Crippen LogP contribution in [0.5, 0.6) is 0 Å². The summed E-state index contributed by atoms with van der Waals surface area (Å²) in [5.74, 6) is -1.19. The molecule has 1 atom stereocenters. The lowest BCUT2D eigenvalue weighted by molar-refractivity contribution is -0.137. The average Bonchev–Trinajstić information content (AvgIpc) is 3.31. The average molecular weight is 504 g/mol. The van der Waals surface area contributed by atoms with Crippen molar-refractivity contribution in [1.82, 2.24) is 4.31 Å². The van der Waals surface area contributed by atoms with Gasteiger partial charge in [-0.15, -0.1) is 22.1 Å². The molecule has 0 spiro atoms. The topological polar surface area (TPSA) is 98.1 Å². The molecule has 0 saturated carbocycles. The number of alkyl halides is 3. The van der Waals surface area contributed by atoms with Gasteiger partial charge in [0.05, 0.1) is 11.3 Å². The molecular weight excluding hydrogens is 479 g/mol. The first-order valence-electron chi connectivity index (χ1n) is 10.2. The summed E-state index contributed by atoms with van der Waals surface area (Å²) in [7, 11) is -2.97. The van der Waals surface area contributed by atoms with Crippen molar-refractivity contribution in [3.8, 4) is 0 Å². The van der Waals surface area contributed by atoms with Gasteiger partial charge in [0.2, 0.25) is 0 Å². The molecule has 180 valence electrons. The summed E-state index contributed by atoms with van der Waals surface area (Å²) < 4.78 is 60.8. The molecular formula is C22H24F3NO5S2. The van der Waals surface area contributed by atoms with Crippen LogP contribution in [0, 0.1) is 0 Å². The zero-order chi connectivity index (χ0) is 24.2. The Morgan fingerprint density at radius 2 is 1.97 bits per heavy atom. The quantitative estimate of drug-likeness (QED) is 0.391. The number of carbonyl (C=O) groups is 2. The molecule has 1 aliphatic heterocycles. The Bertz CT molecular complexity index is 1040. The van der Waals surface area contributed by atoms with E-state index >= 15 is 0 Å². The molecule has 3 rings (SSSR count). The van der Waals surface area contributed by atoms with E-state index in [1.807, 2.05) is 0 Å². The molecule has 11 heteroatoms. The number of nitrogens with zero attached hydrogens (tertiary/aromatic N) is 1. The SMILES string of the molecule is O=C(C=CC1CCS(O)(O)N1CCCc1ccc(C(=O)O)s1)Cc1cccc(C(F)(F)F)c1. The number of carboxylic acid groups (broad SMARTS) is 1. The highest BCUT2D eigenvalue weighted by Gasteiger charge is 2.35. The van der Waals surface area contributed by atoms with Gasteiger partial charge in [-0.05, 0) is 49.1 Å². The fraction of sp³-hybridized carbons (Fsp3) is 0.364. The molecule has 0 amide bonds. The fourth-order valence-electron chi connectivity index (χ4n) is 3.63. The maximum Gasteiger partial charge on any atom is 0.416 e. The number of ketones is 1. The molecule has 6 nitrogen and oxygen atoms in total. The predicted molar refractivity (Wildman–Crippen MR) is 122 cm³/mol. The second-order valence-electron chi connectivity index (χ2n) is 7.71. The summed E-state index contributed by atoms with van der Waals surface area (Å²) >= 11 is 1.18. The van der Waals surface area contributed by atoms with Gasteiger partial charge in [-0.1, -0.05) is 24.3 Å². The number of thiophene rings is 1. The van der Waals surface area contributed by atoms with Crippen LogP contribution in [0.4, 0.5) is 13.2 Å². The van der Waals surface area contributed by atoms with Crippen molar-refractivity contribution < 1.29 is 37.0 Å². The zero-order valence-electron chi connectivity index (χ0n) is 17.5. The fourth-order valence-corrected chi connectivity index (χ4v) is 6.35. The number of benzene rings is 1. The van der Waals surface area contributed by atoms with E-state index in [1.54, 1.807) is 16.4 Å². The van der Waals surface area contributed by atoms with Crippen LogP contribution in [0.15, 0.2) is 48.6 Å². The van der Waals surface area contributed by atoms with Crippen molar-refractivity contribution >= 4 is 33.9 Å². The summed E-state index contributed by atoms with van der Waals surface area (Å²) in [6.45, 7) is 0.347. The highest BCUT2D eigenvalue weighted by atomic mass is 32.3. The van der Waals surface area contributed by atoms with E-state index in [-0.39, 0.29) is 34.4 Å². The Balaban J connectivity index is 1.58. The van der Waals surface area contributed by atoms with Crippen LogP contribution in [0.1, 0.15) is 38.5 Å². The van der Waals surface area contributed by atoms with E-state index in [9.17, 15) is 31.9 Å². The van der Waals surface area contributed by atoms with Gasteiger partial charge in [-0.3, -0.25) is 13.9 Å². The number of hydrogen-bond acceptors (Lipinski definition) is 6. The number of halogens is 3. The summed E-state index contributed by atoms with van der Waals surface area (Å²) in [4.78, 5) is 24.4. The van der Waals surface area contributed by atoms with Crippen molar-refractivity contribution in [2.45, 2.75) is 37.9 Å². The Labute approximate surface area is 194 Å². The minimum atomic E-state index is -4.48. The van der Waals surface area contributed by atoms with Crippen molar-refractivity contribution in [3.63, 3.8) is 0 Å². The lowest BCUT2D eigenvalue weighted by Crippen LogP contribution is -2.31. The van der Waals surface area contributed by atoms with Crippen LogP contribution in [-0.2, 0) is 23.8 Å². The van der Waals surface area contributed by atoms with Gasteiger partial charge in [0, 0.05) is 23.9 Å². The molecule has 1 saturated heterocycles. The first-order chi connectivity index (χ1) is 15.5. The minimum Gasteiger partial charge on any atom is -0.477 e. The Hall–Kier alpha value is -2.18. The number of carboxylic acids is 1. The van der Waals surface area contributed by atoms with Crippen LogP contribution in [0.3, 0.4) is 0 Å². The number of aromatic carboxylic acids is 1. The third-order valence-electron chi connectivity index (χ3n) is 5.24. The molecule has 1 unspecified atom stereocenters. The van der Waals surface area contributed by atoms with Crippen molar-refractivity contribution in [1.29, 1.82) is 0 Å². The third kappa shape index (κ3) is 6.90. The molecule has 33 heavy (non-hydrogen) atoms. The third-order valence-corrected chi connectivity index (χ3v) is 8.36. The van der Waals surface area contributed by atoms with Gasteiger partial charge >= 0.3 is 12.1 Å². The number of aryl methyl sites for hydroxylation is 1. The Morgan fingerprint density at radius 3 is 2.64 bits per heavy atom. The number of carbonyl (C=O) groups excluding carboxylic acids is 1. The van der Waals surface area contributed by atoms with E-state index in [0.29, 0.717) is 25.8 Å². The molecule has 1 aliphatic rings. The lowest BCUT2D eigenvalue weighted by atomic mass is 10.0. The second-order valence-corrected chi connectivity index (χ2v) is 11.0. The summed E-state index contributed by atoms with van der Waals surface area (Å²) in [5, 5.41) is 9.00. The van der Waals surface area contributed by atoms with Gasteiger partial charge in [0.1, 0.15) is 4.88 Å².